The van der Waals surface area contributed by atoms with E-state index in [2.05, 4.69) is 55.5 Å². The number of hydrogen-bond donors (Lipinski definition) is 0. The van der Waals surface area contributed by atoms with Crippen molar-refractivity contribution in [3.05, 3.63) is 49.9 Å². The summed E-state index contributed by atoms with van der Waals surface area (Å²) in [7, 11) is 0. The van der Waals surface area contributed by atoms with Crippen LogP contribution in [0.3, 0.4) is 0 Å². The molecule has 130 valence electrons. The second-order valence-electron chi connectivity index (χ2n) is 7.22. The molecular formula is C18H22BrFN2OS. The monoisotopic (exact) mass is 412 g/mol. The van der Waals surface area contributed by atoms with Crippen LogP contribution in [0, 0.1) is 11.7 Å². The number of halogens is 2. The van der Waals surface area contributed by atoms with Crippen molar-refractivity contribution in [2.24, 2.45) is 10.9 Å². The summed E-state index contributed by atoms with van der Waals surface area (Å²) in [6, 6.07) is 4.30. The van der Waals surface area contributed by atoms with Gasteiger partial charge in [-0.25, -0.2) is 4.39 Å². The van der Waals surface area contributed by atoms with Gasteiger partial charge in [0.1, 0.15) is 5.82 Å². The van der Waals surface area contributed by atoms with E-state index in [0.717, 1.165) is 11.4 Å². The summed E-state index contributed by atoms with van der Waals surface area (Å²) >= 11 is 4.75. The number of carbonyl (C=O) groups excluding carboxylic acids is 1. The zero-order valence-electron chi connectivity index (χ0n) is 14.6. The van der Waals surface area contributed by atoms with Crippen LogP contribution in [-0.2, 0) is 12.0 Å². The van der Waals surface area contributed by atoms with E-state index in [4.69, 9.17) is 0 Å². The summed E-state index contributed by atoms with van der Waals surface area (Å²) in [6.07, 6.45) is 2.05. The molecule has 6 heteroatoms. The van der Waals surface area contributed by atoms with Gasteiger partial charge in [0, 0.05) is 22.1 Å². The van der Waals surface area contributed by atoms with E-state index in [9.17, 15) is 9.18 Å². The number of thiazole rings is 1. The Morgan fingerprint density at radius 3 is 2.62 bits per heavy atom. The molecule has 0 radical (unpaired) electrons. The number of hydrogen-bond acceptors (Lipinski definition) is 2. The normalized spacial score (nSPS) is 12.9. The Morgan fingerprint density at radius 2 is 2.04 bits per heavy atom. The minimum Gasteiger partial charge on any atom is -0.323 e. The molecule has 0 fully saturated rings. The molecule has 1 aromatic heterocycles. The average molecular weight is 413 g/mol. The highest BCUT2D eigenvalue weighted by Gasteiger charge is 2.19. The van der Waals surface area contributed by atoms with Gasteiger partial charge in [-0.15, -0.1) is 11.3 Å². The van der Waals surface area contributed by atoms with E-state index < -0.39 is 11.7 Å². The molecule has 1 amide bonds. The molecule has 0 saturated carbocycles. The first-order valence-electron chi connectivity index (χ1n) is 7.83. The highest BCUT2D eigenvalue weighted by atomic mass is 79.9. The van der Waals surface area contributed by atoms with Gasteiger partial charge in [-0.3, -0.25) is 4.79 Å². The first-order valence-corrected chi connectivity index (χ1v) is 9.43. The Balaban J connectivity index is 2.52. The number of amides is 1. The molecule has 3 nitrogen and oxygen atoms in total. The number of nitrogens with zero attached hydrogens (tertiary/aromatic N) is 2. The van der Waals surface area contributed by atoms with Crippen molar-refractivity contribution in [2.45, 2.75) is 46.6 Å². The summed E-state index contributed by atoms with van der Waals surface area (Å²) in [4.78, 5) is 18.4. The van der Waals surface area contributed by atoms with E-state index in [1.165, 1.54) is 23.5 Å². The van der Waals surface area contributed by atoms with Gasteiger partial charge in [-0.05, 0) is 29.5 Å². The Labute approximate surface area is 154 Å². The number of rotatable bonds is 3. The zero-order valence-corrected chi connectivity index (χ0v) is 17.0. The van der Waals surface area contributed by atoms with Crippen molar-refractivity contribution in [3.8, 4) is 0 Å². The van der Waals surface area contributed by atoms with Crippen LogP contribution in [0.15, 0.2) is 33.9 Å². The van der Waals surface area contributed by atoms with Gasteiger partial charge in [0.25, 0.3) is 5.91 Å². The second-order valence-corrected chi connectivity index (χ2v) is 9.14. The molecule has 0 aliphatic carbocycles. The summed E-state index contributed by atoms with van der Waals surface area (Å²) in [5.74, 6) is -0.701. The number of carbonyl (C=O) groups is 1. The van der Waals surface area contributed by atoms with Gasteiger partial charge < -0.3 is 4.57 Å². The van der Waals surface area contributed by atoms with Gasteiger partial charge in [0.2, 0.25) is 0 Å². The lowest BCUT2D eigenvalue weighted by atomic mass is 9.95. The molecule has 1 heterocycles. The highest BCUT2D eigenvalue weighted by molar-refractivity contribution is 9.10. The van der Waals surface area contributed by atoms with Gasteiger partial charge in [0.15, 0.2) is 4.80 Å². The van der Waals surface area contributed by atoms with Gasteiger partial charge in [-0.2, -0.15) is 4.99 Å². The molecule has 2 rings (SSSR count). The first kappa shape index (κ1) is 19.1. The van der Waals surface area contributed by atoms with Crippen molar-refractivity contribution in [1.82, 2.24) is 4.57 Å². The molecule has 0 atom stereocenters. The lowest BCUT2D eigenvalue weighted by Crippen LogP contribution is -2.19. The molecule has 1 aromatic carbocycles. The quantitative estimate of drug-likeness (QED) is 0.686. The summed E-state index contributed by atoms with van der Waals surface area (Å²) in [5.41, 5.74) is -0.0486. The third kappa shape index (κ3) is 4.63. The van der Waals surface area contributed by atoms with E-state index in [0.29, 0.717) is 15.2 Å². The maximum atomic E-state index is 13.9. The molecule has 0 aliphatic heterocycles. The second kappa shape index (κ2) is 7.31. The maximum Gasteiger partial charge on any atom is 0.282 e. The summed E-state index contributed by atoms with van der Waals surface area (Å²) in [5, 5.41) is 0. The fraction of sp³-hybridized carbons (Fsp3) is 0.444. The van der Waals surface area contributed by atoms with Crippen molar-refractivity contribution in [2.75, 3.05) is 0 Å². The lowest BCUT2D eigenvalue weighted by molar-refractivity contribution is 0.0993. The van der Waals surface area contributed by atoms with Crippen LogP contribution in [0.1, 0.15) is 49.9 Å². The number of benzene rings is 1. The Hall–Kier alpha value is -1.27. The van der Waals surface area contributed by atoms with Gasteiger partial charge in [0.05, 0.1) is 5.56 Å². The van der Waals surface area contributed by atoms with Crippen molar-refractivity contribution < 1.29 is 9.18 Å². The van der Waals surface area contributed by atoms with Crippen LogP contribution in [-0.4, -0.2) is 10.5 Å². The van der Waals surface area contributed by atoms with Gasteiger partial charge >= 0.3 is 0 Å². The van der Waals surface area contributed by atoms with Crippen molar-refractivity contribution >= 4 is 33.2 Å². The van der Waals surface area contributed by atoms with Crippen molar-refractivity contribution in [1.29, 1.82) is 0 Å². The van der Waals surface area contributed by atoms with E-state index >= 15 is 0 Å². The average Bonchev–Trinajstić information content (AvgIpc) is 2.83. The smallest absolute Gasteiger partial charge is 0.282 e. The molecule has 0 unspecified atom stereocenters. The van der Waals surface area contributed by atoms with Crippen LogP contribution in [0.4, 0.5) is 4.39 Å². The standard InChI is InChI=1S/C18H22BrFN2OS/c1-11(2)9-22-10-15(18(3,4)5)24-17(22)21-16(23)13-8-12(19)6-7-14(13)20/h6-8,10-11H,9H2,1-5H3. The first-order chi connectivity index (χ1) is 11.1. The van der Waals surface area contributed by atoms with Crippen LogP contribution in [0.2, 0.25) is 0 Å². The largest absolute Gasteiger partial charge is 0.323 e. The molecule has 0 aliphatic rings. The van der Waals surface area contributed by atoms with Crippen LogP contribution in [0.25, 0.3) is 0 Å². The Kier molecular flexibility index (Phi) is 5.81. The van der Waals surface area contributed by atoms with E-state index in [1.807, 2.05) is 10.8 Å². The molecule has 24 heavy (non-hydrogen) atoms. The predicted molar refractivity (Wildman–Crippen MR) is 99.8 cm³/mol. The zero-order chi connectivity index (χ0) is 18.1. The van der Waals surface area contributed by atoms with Crippen LogP contribution in [0.5, 0.6) is 0 Å². The molecule has 0 N–H and O–H groups in total. The molecular weight excluding hydrogens is 391 g/mol. The minimum atomic E-state index is -0.561. The fourth-order valence-electron chi connectivity index (χ4n) is 2.15. The highest BCUT2D eigenvalue weighted by Crippen LogP contribution is 2.25. The SMILES string of the molecule is CC(C)Cn1cc(C(C)(C)C)sc1=NC(=O)c1cc(Br)ccc1F. The predicted octanol–water partition coefficient (Wildman–Crippen LogP) is 5.15. The topological polar surface area (TPSA) is 34.4 Å². The summed E-state index contributed by atoms with van der Waals surface area (Å²) < 4.78 is 16.6. The molecule has 2 aromatic rings. The van der Waals surface area contributed by atoms with Crippen molar-refractivity contribution in [3.63, 3.8) is 0 Å². The third-order valence-corrected chi connectivity index (χ3v) is 5.32. The Bertz CT molecular complexity index is 815. The van der Waals surface area contributed by atoms with Gasteiger partial charge in [-0.1, -0.05) is 50.5 Å². The van der Waals surface area contributed by atoms with E-state index in [-0.39, 0.29) is 11.0 Å². The third-order valence-electron chi connectivity index (χ3n) is 3.38. The molecule has 0 bridgehead atoms. The molecule has 0 spiro atoms. The minimum absolute atomic E-state index is 0.0221. The number of aromatic nitrogens is 1. The fourth-order valence-corrected chi connectivity index (χ4v) is 3.56. The maximum absolute atomic E-state index is 13.9. The van der Waals surface area contributed by atoms with Crippen LogP contribution < -0.4 is 4.80 Å². The van der Waals surface area contributed by atoms with E-state index in [1.54, 1.807) is 6.07 Å². The Morgan fingerprint density at radius 1 is 1.38 bits per heavy atom. The lowest BCUT2D eigenvalue weighted by Gasteiger charge is -2.14. The molecule has 0 saturated heterocycles. The van der Waals surface area contributed by atoms with Crippen LogP contribution >= 0.6 is 27.3 Å². The summed E-state index contributed by atoms with van der Waals surface area (Å²) in [6.45, 7) is 11.4.